The number of hydrogen-bond acceptors (Lipinski definition) is 3. The van der Waals surface area contributed by atoms with E-state index in [1.165, 1.54) is 18.2 Å². The Hall–Kier alpha value is -2.02. The highest BCUT2D eigenvalue weighted by Crippen LogP contribution is 2.31. The molecule has 1 amide bonds. The predicted molar refractivity (Wildman–Crippen MR) is 71.3 cm³/mol. The van der Waals surface area contributed by atoms with Gasteiger partial charge in [0.2, 0.25) is 0 Å². The average molecular weight is 300 g/mol. The molecule has 1 aromatic heterocycles. The fraction of sp³-hybridized carbons (Fsp3) is 0.154. The molecule has 0 atom stereocenters. The van der Waals surface area contributed by atoms with Gasteiger partial charge in [0.1, 0.15) is 4.88 Å². The Morgan fingerprint density at radius 2 is 1.95 bits per heavy atom. The van der Waals surface area contributed by atoms with Crippen LogP contribution in [0.25, 0.3) is 0 Å². The number of amides is 1. The van der Waals surface area contributed by atoms with Crippen molar-refractivity contribution in [3.63, 3.8) is 0 Å². The van der Waals surface area contributed by atoms with Crippen molar-refractivity contribution in [2.45, 2.75) is 12.7 Å². The molecule has 2 aromatic rings. The lowest BCUT2D eigenvalue weighted by Crippen LogP contribution is -2.24. The predicted octanol–water partition coefficient (Wildman–Crippen LogP) is 3.28. The molecule has 7 heteroatoms. The number of hydrogen-bond donors (Lipinski definition) is 2. The number of nitrogens with two attached hydrogens (primary N) is 1. The molecule has 0 bridgehead atoms. The molecule has 20 heavy (non-hydrogen) atoms. The third-order valence-corrected chi connectivity index (χ3v) is 3.59. The third kappa shape index (κ3) is 3.11. The van der Waals surface area contributed by atoms with Gasteiger partial charge < -0.3 is 11.1 Å². The summed E-state index contributed by atoms with van der Waals surface area (Å²) in [6.45, 7) is -0.203. The van der Waals surface area contributed by atoms with Crippen molar-refractivity contribution in [2.24, 2.45) is 0 Å². The van der Waals surface area contributed by atoms with Crippen LogP contribution in [0.4, 0.5) is 18.9 Å². The van der Waals surface area contributed by atoms with Crippen LogP contribution in [0.3, 0.4) is 0 Å². The molecule has 0 aliphatic carbocycles. The van der Waals surface area contributed by atoms with Gasteiger partial charge in [0, 0.05) is 6.54 Å². The van der Waals surface area contributed by atoms with Crippen LogP contribution < -0.4 is 11.1 Å². The monoisotopic (exact) mass is 300 g/mol. The summed E-state index contributed by atoms with van der Waals surface area (Å²) in [7, 11) is 0. The maximum atomic E-state index is 12.8. The van der Waals surface area contributed by atoms with Crippen LogP contribution in [-0.4, -0.2) is 5.91 Å². The van der Waals surface area contributed by atoms with Crippen molar-refractivity contribution in [2.75, 3.05) is 5.73 Å². The average Bonchev–Trinajstić information content (AvgIpc) is 2.81. The van der Waals surface area contributed by atoms with E-state index in [1.807, 2.05) is 0 Å². The highest BCUT2D eigenvalue weighted by Gasteiger charge is 2.32. The van der Waals surface area contributed by atoms with E-state index in [0.29, 0.717) is 10.6 Å². The fourth-order valence-electron chi connectivity index (χ4n) is 1.71. The Labute approximate surface area is 117 Å². The van der Waals surface area contributed by atoms with E-state index < -0.39 is 17.6 Å². The minimum atomic E-state index is -4.44. The molecule has 0 spiro atoms. The molecule has 0 aliphatic rings. The van der Waals surface area contributed by atoms with Crippen LogP contribution in [0.15, 0.2) is 35.7 Å². The first-order chi connectivity index (χ1) is 9.39. The smallest absolute Gasteiger partial charge is 0.397 e. The van der Waals surface area contributed by atoms with Gasteiger partial charge in [-0.1, -0.05) is 18.2 Å². The number of benzene rings is 1. The number of nitrogen functional groups attached to an aromatic ring is 1. The summed E-state index contributed by atoms with van der Waals surface area (Å²) in [5.41, 5.74) is 5.16. The lowest BCUT2D eigenvalue weighted by Gasteiger charge is -2.13. The van der Waals surface area contributed by atoms with Crippen LogP contribution in [0.1, 0.15) is 20.8 Å². The highest BCUT2D eigenvalue weighted by atomic mass is 32.1. The van der Waals surface area contributed by atoms with E-state index in [2.05, 4.69) is 5.32 Å². The molecule has 3 nitrogen and oxygen atoms in total. The molecule has 0 fully saturated rings. The zero-order valence-electron chi connectivity index (χ0n) is 10.2. The molecule has 0 aliphatic heterocycles. The van der Waals surface area contributed by atoms with Gasteiger partial charge in [-0.3, -0.25) is 4.79 Å². The van der Waals surface area contributed by atoms with Crippen molar-refractivity contribution < 1.29 is 18.0 Å². The summed E-state index contributed by atoms with van der Waals surface area (Å²) >= 11 is 1.14. The maximum Gasteiger partial charge on any atom is 0.416 e. The van der Waals surface area contributed by atoms with Crippen molar-refractivity contribution in [1.29, 1.82) is 0 Å². The highest BCUT2D eigenvalue weighted by molar-refractivity contribution is 7.12. The number of anilines is 1. The standard InChI is InChI=1S/C13H11F3N2OS/c14-13(15,16)9-4-2-1-3-8(9)7-18-12(19)11-10(17)5-6-20-11/h1-6H,7,17H2,(H,18,19). The van der Waals surface area contributed by atoms with E-state index in [-0.39, 0.29) is 12.1 Å². The third-order valence-electron chi connectivity index (χ3n) is 2.66. The normalized spacial score (nSPS) is 11.3. The number of rotatable bonds is 3. The summed E-state index contributed by atoms with van der Waals surface area (Å²) < 4.78 is 38.3. The Kier molecular flexibility index (Phi) is 3.99. The number of carbonyl (C=O) groups is 1. The SMILES string of the molecule is Nc1ccsc1C(=O)NCc1ccccc1C(F)(F)F. The zero-order chi connectivity index (χ0) is 14.8. The summed E-state index contributed by atoms with van der Waals surface area (Å²) in [4.78, 5) is 12.1. The second-order valence-electron chi connectivity index (χ2n) is 4.04. The molecule has 1 heterocycles. The molecule has 1 aromatic carbocycles. The fourth-order valence-corrected chi connectivity index (χ4v) is 2.44. The number of alkyl halides is 3. The quantitative estimate of drug-likeness (QED) is 0.914. The number of thiophene rings is 1. The van der Waals surface area contributed by atoms with Crippen molar-refractivity contribution in [3.05, 3.63) is 51.7 Å². The molecule has 0 radical (unpaired) electrons. The topological polar surface area (TPSA) is 55.1 Å². The Morgan fingerprint density at radius 1 is 1.25 bits per heavy atom. The molecule has 3 N–H and O–H groups in total. The summed E-state index contributed by atoms with van der Waals surface area (Å²) in [6, 6.07) is 6.70. The van der Waals surface area contributed by atoms with Crippen LogP contribution in [0.2, 0.25) is 0 Å². The van der Waals surface area contributed by atoms with E-state index in [9.17, 15) is 18.0 Å². The number of halogens is 3. The lowest BCUT2D eigenvalue weighted by molar-refractivity contribution is -0.138. The van der Waals surface area contributed by atoms with Crippen molar-refractivity contribution in [3.8, 4) is 0 Å². The summed E-state index contributed by atoms with van der Waals surface area (Å²) in [5, 5.41) is 4.09. The molecular formula is C13H11F3N2OS. The number of carbonyl (C=O) groups excluding carboxylic acids is 1. The molecule has 0 saturated heterocycles. The minimum absolute atomic E-state index is 0.0171. The Morgan fingerprint density at radius 3 is 2.55 bits per heavy atom. The van der Waals surface area contributed by atoms with Crippen LogP contribution in [0.5, 0.6) is 0 Å². The molecule has 106 valence electrons. The van der Waals surface area contributed by atoms with E-state index in [0.717, 1.165) is 17.4 Å². The first-order valence-electron chi connectivity index (χ1n) is 5.66. The van der Waals surface area contributed by atoms with Gasteiger partial charge in [-0.15, -0.1) is 11.3 Å². The van der Waals surface area contributed by atoms with Gasteiger partial charge in [0.15, 0.2) is 0 Å². The second-order valence-corrected chi connectivity index (χ2v) is 4.96. The minimum Gasteiger partial charge on any atom is -0.397 e. The van der Waals surface area contributed by atoms with Gasteiger partial charge >= 0.3 is 6.18 Å². The molecule has 0 saturated carbocycles. The zero-order valence-corrected chi connectivity index (χ0v) is 11.0. The van der Waals surface area contributed by atoms with Gasteiger partial charge in [-0.05, 0) is 23.1 Å². The van der Waals surface area contributed by atoms with Gasteiger partial charge in [0.25, 0.3) is 5.91 Å². The first kappa shape index (κ1) is 14.4. The summed E-state index contributed by atoms with van der Waals surface area (Å²) in [5.74, 6) is -0.477. The van der Waals surface area contributed by atoms with Gasteiger partial charge in [-0.2, -0.15) is 13.2 Å². The van der Waals surface area contributed by atoms with Crippen LogP contribution in [0, 0.1) is 0 Å². The van der Waals surface area contributed by atoms with Crippen LogP contribution >= 0.6 is 11.3 Å². The molecule has 0 unspecified atom stereocenters. The molecule has 2 rings (SSSR count). The van der Waals surface area contributed by atoms with Gasteiger partial charge in [0.05, 0.1) is 11.3 Å². The van der Waals surface area contributed by atoms with Crippen LogP contribution in [-0.2, 0) is 12.7 Å². The Bertz CT molecular complexity index is 622. The van der Waals surface area contributed by atoms with E-state index >= 15 is 0 Å². The van der Waals surface area contributed by atoms with E-state index in [1.54, 1.807) is 11.4 Å². The maximum absolute atomic E-state index is 12.8. The molecular weight excluding hydrogens is 289 g/mol. The lowest BCUT2D eigenvalue weighted by atomic mass is 10.1. The van der Waals surface area contributed by atoms with Gasteiger partial charge in [-0.25, -0.2) is 0 Å². The summed E-state index contributed by atoms with van der Waals surface area (Å²) in [6.07, 6.45) is -4.44. The van der Waals surface area contributed by atoms with Crippen molar-refractivity contribution >= 4 is 22.9 Å². The van der Waals surface area contributed by atoms with Crippen molar-refractivity contribution in [1.82, 2.24) is 5.32 Å². The first-order valence-corrected chi connectivity index (χ1v) is 6.54. The number of nitrogens with one attached hydrogen (secondary N) is 1. The largest absolute Gasteiger partial charge is 0.416 e. The Balaban J connectivity index is 2.12. The second kappa shape index (κ2) is 5.54. The van der Waals surface area contributed by atoms with E-state index in [4.69, 9.17) is 5.73 Å².